The lowest BCUT2D eigenvalue weighted by atomic mass is 9.92. The first kappa shape index (κ1) is 32.7. The molecular formula is C38H46N4O5. The molecule has 0 unspecified atom stereocenters. The molecule has 1 saturated heterocycles. The molecule has 0 saturated carbocycles. The molecule has 2 aromatic heterocycles. The average Bonchev–Trinajstić information content (AvgIpc) is 3.43. The summed E-state index contributed by atoms with van der Waals surface area (Å²) in [4.78, 5) is 19.9. The number of fused-ring (bicyclic) bond motifs is 7. The Kier molecular flexibility index (Phi) is 8.89. The number of aromatic nitrogens is 3. The number of rotatable bonds is 3. The van der Waals surface area contributed by atoms with Crippen LogP contribution < -0.4 is 9.64 Å². The lowest BCUT2D eigenvalue weighted by molar-refractivity contribution is -0.160. The number of aryl methyl sites for hydroxylation is 2. The van der Waals surface area contributed by atoms with Gasteiger partial charge in [-0.05, 0) is 84.6 Å². The number of anilines is 1. The first-order valence-corrected chi connectivity index (χ1v) is 16.5. The van der Waals surface area contributed by atoms with Gasteiger partial charge in [0.2, 0.25) is 0 Å². The number of hydrogen-bond donors (Lipinski definition) is 1. The molecule has 0 aliphatic carbocycles. The van der Waals surface area contributed by atoms with Gasteiger partial charge in [0.05, 0.1) is 35.2 Å². The van der Waals surface area contributed by atoms with E-state index < -0.39 is 17.7 Å². The number of ether oxygens (including phenoxy) is 3. The molecule has 2 aromatic carbocycles. The molecule has 4 aromatic rings. The van der Waals surface area contributed by atoms with Gasteiger partial charge in [-0.15, -0.1) is 0 Å². The second kappa shape index (κ2) is 12.8. The molecule has 47 heavy (non-hydrogen) atoms. The Hall–Kier alpha value is -4.21. The summed E-state index contributed by atoms with van der Waals surface area (Å²) in [5, 5.41) is 15.6. The van der Waals surface area contributed by atoms with E-state index in [1.165, 1.54) is 0 Å². The topological polar surface area (TPSA) is 98.4 Å². The maximum atomic E-state index is 12.8. The maximum Gasteiger partial charge on any atom is 0.337 e. The molecule has 0 spiro atoms. The Bertz CT molecular complexity index is 1810. The Morgan fingerprint density at radius 1 is 1.06 bits per heavy atom. The van der Waals surface area contributed by atoms with Crippen LogP contribution in [-0.4, -0.2) is 62.7 Å². The summed E-state index contributed by atoms with van der Waals surface area (Å²) < 4.78 is 20.9. The van der Waals surface area contributed by atoms with E-state index in [0.29, 0.717) is 42.4 Å². The number of piperidine rings is 1. The van der Waals surface area contributed by atoms with Gasteiger partial charge >= 0.3 is 5.97 Å². The fraction of sp³-hybridized carbons (Fsp3) is 0.447. The van der Waals surface area contributed by atoms with Crippen molar-refractivity contribution in [2.45, 2.75) is 91.1 Å². The Morgan fingerprint density at radius 2 is 1.81 bits per heavy atom. The lowest BCUT2D eigenvalue weighted by Crippen LogP contribution is -2.45. The quantitative estimate of drug-likeness (QED) is 0.228. The highest BCUT2D eigenvalue weighted by atomic mass is 16.5. The third kappa shape index (κ3) is 7.06. The SMILES string of the molecule is Cc1ccc2c(c1)O[C@@H](C)C/C=C/COC1(C)CCN(CC1)c1c([C@H](OC(C)(C)C)C(=O)O)c(C)nc3cc(nn13)-c1cccc-2c1. The van der Waals surface area contributed by atoms with Crippen LogP contribution in [0, 0.1) is 13.8 Å². The summed E-state index contributed by atoms with van der Waals surface area (Å²) in [6.07, 6.45) is 5.28. The molecular weight excluding hydrogens is 592 g/mol. The Balaban J connectivity index is 1.54. The van der Waals surface area contributed by atoms with E-state index in [2.05, 4.69) is 68.2 Å². The highest BCUT2D eigenvalue weighted by Crippen LogP contribution is 2.39. The van der Waals surface area contributed by atoms with Crippen molar-refractivity contribution < 1.29 is 24.1 Å². The summed E-state index contributed by atoms with van der Waals surface area (Å²) in [5.41, 5.74) is 5.59. The minimum atomic E-state index is -1.22. The van der Waals surface area contributed by atoms with Crippen LogP contribution in [-0.2, 0) is 14.3 Å². The number of benzene rings is 2. The fourth-order valence-corrected chi connectivity index (χ4v) is 6.47. The number of carboxylic acid groups (broad SMARTS) is 1. The van der Waals surface area contributed by atoms with E-state index in [0.717, 1.165) is 53.0 Å². The van der Waals surface area contributed by atoms with E-state index in [1.54, 1.807) is 4.52 Å². The third-order valence-electron chi connectivity index (χ3n) is 8.98. The van der Waals surface area contributed by atoms with Gasteiger partial charge in [-0.2, -0.15) is 9.61 Å². The summed E-state index contributed by atoms with van der Waals surface area (Å²) in [6.45, 7) is 15.6. The molecule has 9 heteroatoms. The van der Waals surface area contributed by atoms with Crippen molar-refractivity contribution >= 4 is 17.4 Å². The second-order valence-electron chi connectivity index (χ2n) is 14.1. The monoisotopic (exact) mass is 638 g/mol. The van der Waals surface area contributed by atoms with E-state index >= 15 is 0 Å². The predicted octanol–water partition coefficient (Wildman–Crippen LogP) is 7.72. The zero-order chi connectivity index (χ0) is 33.5. The smallest absolute Gasteiger partial charge is 0.337 e. The number of hydrogen-bond acceptors (Lipinski definition) is 7. The Labute approximate surface area is 277 Å². The highest BCUT2D eigenvalue weighted by Gasteiger charge is 2.37. The summed E-state index contributed by atoms with van der Waals surface area (Å²) >= 11 is 0. The van der Waals surface area contributed by atoms with Crippen molar-refractivity contribution in [2.75, 3.05) is 24.6 Å². The lowest BCUT2D eigenvalue weighted by Gasteiger charge is -2.41. The molecule has 9 nitrogen and oxygen atoms in total. The predicted molar refractivity (Wildman–Crippen MR) is 184 cm³/mol. The molecule has 0 radical (unpaired) electrons. The number of carbonyl (C=O) groups is 1. The van der Waals surface area contributed by atoms with Crippen LogP contribution in [0.2, 0.25) is 0 Å². The zero-order valence-corrected chi connectivity index (χ0v) is 28.5. The zero-order valence-electron chi connectivity index (χ0n) is 28.5. The number of carboxylic acids is 1. The van der Waals surface area contributed by atoms with Crippen LogP contribution in [0.3, 0.4) is 0 Å². The van der Waals surface area contributed by atoms with Crippen molar-refractivity contribution in [3.8, 4) is 28.1 Å². The van der Waals surface area contributed by atoms with Gasteiger partial charge in [-0.1, -0.05) is 42.5 Å². The van der Waals surface area contributed by atoms with Gasteiger partial charge in [0.15, 0.2) is 11.8 Å². The normalized spacial score (nSPS) is 21.7. The molecule has 7 rings (SSSR count). The largest absolute Gasteiger partial charge is 0.490 e. The third-order valence-corrected chi connectivity index (χ3v) is 8.98. The van der Waals surface area contributed by atoms with Crippen LogP contribution in [0.25, 0.3) is 28.0 Å². The second-order valence-corrected chi connectivity index (χ2v) is 14.1. The molecule has 6 bridgehead atoms. The van der Waals surface area contributed by atoms with E-state index in [-0.39, 0.29) is 11.7 Å². The molecule has 1 fully saturated rings. The van der Waals surface area contributed by atoms with Crippen LogP contribution >= 0.6 is 0 Å². The van der Waals surface area contributed by atoms with Gasteiger partial charge in [-0.3, -0.25) is 0 Å². The number of nitrogens with zero attached hydrogens (tertiary/aromatic N) is 4. The average molecular weight is 639 g/mol. The van der Waals surface area contributed by atoms with Gasteiger partial charge in [0.25, 0.3) is 0 Å². The fourth-order valence-electron chi connectivity index (χ4n) is 6.47. The van der Waals surface area contributed by atoms with Gasteiger partial charge in [0, 0.05) is 42.4 Å². The van der Waals surface area contributed by atoms with E-state index in [1.807, 2.05) is 45.9 Å². The minimum Gasteiger partial charge on any atom is -0.490 e. The number of aliphatic carboxylic acids is 1. The van der Waals surface area contributed by atoms with Crippen molar-refractivity contribution in [1.82, 2.24) is 14.6 Å². The summed E-state index contributed by atoms with van der Waals surface area (Å²) in [6, 6.07) is 16.6. The molecule has 248 valence electrons. The molecule has 2 atom stereocenters. The molecule has 3 aliphatic rings. The molecule has 1 N–H and O–H groups in total. The Morgan fingerprint density at radius 3 is 2.53 bits per heavy atom. The van der Waals surface area contributed by atoms with Crippen molar-refractivity contribution in [1.29, 1.82) is 0 Å². The van der Waals surface area contributed by atoms with Crippen LogP contribution in [0.5, 0.6) is 5.75 Å². The van der Waals surface area contributed by atoms with Crippen molar-refractivity contribution in [3.05, 3.63) is 77.5 Å². The van der Waals surface area contributed by atoms with E-state index in [4.69, 9.17) is 24.3 Å². The molecule has 0 amide bonds. The van der Waals surface area contributed by atoms with Crippen LogP contribution in [0.15, 0.2) is 60.7 Å². The van der Waals surface area contributed by atoms with Crippen LogP contribution in [0.4, 0.5) is 5.82 Å². The summed E-state index contributed by atoms with van der Waals surface area (Å²) in [5.74, 6) is 0.476. The first-order chi connectivity index (χ1) is 22.3. The first-order valence-electron chi connectivity index (χ1n) is 16.5. The van der Waals surface area contributed by atoms with Crippen LogP contribution in [0.1, 0.15) is 76.8 Å². The molecule has 5 heterocycles. The summed E-state index contributed by atoms with van der Waals surface area (Å²) in [7, 11) is 0. The van der Waals surface area contributed by atoms with Gasteiger partial charge in [0.1, 0.15) is 11.6 Å². The standard InChI is InChI=1S/C38H46N4O5/c1-24-14-15-29-27-12-10-13-28(22-27)30-23-32-39-26(3)33(34(36(43)44)47-37(4,5)6)35(42(32)40-30)41-18-16-38(7,17-19-41)45-20-9-8-11-25(2)46-31(29)21-24/h8-10,12-15,21-23,25,34H,11,16-20H2,1-7H3,(H,43,44)/b9-8+/t25-,34-/m0/s1. The van der Waals surface area contributed by atoms with E-state index in [9.17, 15) is 9.90 Å². The highest BCUT2D eigenvalue weighted by molar-refractivity contribution is 5.80. The van der Waals surface area contributed by atoms with Crippen molar-refractivity contribution in [3.63, 3.8) is 0 Å². The molecule has 3 aliphatic heterocycles. The van der Waals surface area contributed by atoms with Crippen molar-refractivity contribution in [2.24, 2.45) is 0 Å². The minimum absolute atomic E-state index is 0.0170. The van der Waals surface area contributed by atoms with Gasteiger partial charge < -0.3 is 24.2 Å². The van der Waals surface area contributed by atoms with Gasteiger partial charge in [-0.25, -0.2) is 9.78 Å². The maximum absolute atomic E-state index is 12.8.